The summed E-state index contributed by atoms with van der Waals surface area (Å²) in [6.07, 6.45) is 2.01. The first-order valence-corrected chi connectivity index (χ1v) is 7.30. The standard InChI is InChI=1S/C16H24N2O3/c1-12(15(19)20)7-6-10-17-16(21)18-13(2)11-14-8-4-3-5-9-14/h3-5,8-9,12-13H,6-7,10-11H2,1-2H3,(H,19,20)(H2,17,18,21). The van der Waals surface area contributed by atoms with Gasteiger partial charge in [-0.1, -0.05) is 37.3 Å². The van der Waals surface area contributed by atoms with Crippen LogP contribution in [-0.2, 0) is 11.2 Å². The van der Waals surface area contributed by atoms with E-state index in [1.54, 1.807) is 6.92 Å². The summed E-state index contributed by atoms with van der Waals surface area (Å²) in [5.74, 6) is -1.16. The van der Waals surface area contributed by atoms with E-state index in [1.165, 1.54) is 5.56 Å². The zero-order valence-corrected chi connectivity index (χ0v) is 12.6. The van der Waals surface area contributed by atoms with E-state index in [4.69, 9.17) is 5.11 Å². The molecule has 0 aliphatic heterocycles. The molecule has 0 saturated heterocycles. The predicted molar refractivity (Wildman–Crippen MR) is 82.2 cm³/mol. The molecule has 0 spiro atoms. The molecule has 2 unspecified atom stereocenters. The molecule has 1 aromatic rings. The number of hydrogen-bond acceptors (Lipinski definition) is 2. The molecular weight excluding hydrogens is 268 g/mol. The van der Waals surface area contributed by atoms with Gasteiger partial charge in [-0.05, 0) is 31.7 Å². The monoisotopic (exact) mass is 292 g/mol. The average molecular weight is 292 g/mol. The first-order valence-electron chi connectivity index (χ1n) is 7.30. The van der Waals surface area contributed by atoms with E-state index < -0.39 is 5.97 Å². The number of carboxylic acid groups (broad SMARTS) is 1. The van der Waals surface area contributed by atoms with Crippen LogP contribution in [0.25, 0.3) is 0 Å². The SMILES string of the molecule is CC(Cc1ccccc1)NC(=O)NCCCC(C)C(=O)O. The van der Waals surface area contributed by atoms with Gasteiger partial charge in [-0.25, -0.2) is 4.79 Å². The molecule has 0 saturated carbocycles. The third-order valence-corrected chi connectivity index (χ3v) is 3.28. The van der Waals surface area contributed by atoms with Crippen LogP contribution in [0.15, 0.2) is 30.3 Å². The summed E-state index contributed by atoms with van der Waals surface area (Å²) < 4.78 is 0. The van der Waals surface area contributed by atoms with Gasteiger partial charge in [0.05, 0.1) is 5.92 Å². The highest BCUT2D eigenvalue weighted by molar-refractivity contribution is 5.74. The normalized spacial score (nSPS) is 13.2. The molecule has 0 radical (unpaired) electrons. The fourth-order valence-corrected chi connectivity index (χ4v) is 2.03. The quantitative estimate of drug-likeness (QED) is 0.644. The fraction of sp³-hybridized carbons (Fsp3) is 0.500. The lowest BCUT2D eigenvalue weighted by molar-refractivity contribution is -0.141. The minimum atomic E-state index is -0.795. The number of hydrogen-bond donors (Lipinski definition) is 3. The molecule has 0 aliphatic carbocycles. The average Bonchev–Trinajstić information content (AvgIpc) is 2.44. The molecular formula is C16H24N2O3. The number of carbonyl (C=O) groups is 2. The number of aliphatic carboxylic acids is 1. The van der Waals surface area contributed by atoms with Crippen LogP contribution in [0, 0.1) is 5.92 Å². The molecule has 3 N–H and O–H groups in total. The van der Waals surface area contributed by atoms with Gasteiger partial charge in [-0.2, -0.15) is 0 Å². The number of carboxylic acids is 1. The lowest BCUT2D eigenvalue weighted by Gasteiger charge is -2.15. The van der Waals surface area contributed by atoms with Crippen molar-refractivity contribution in [2.24, 2.45) is 5.92 Å². The third-order valence-electron chi connectivity index (χ3n) is 3.28. The summed E-state index contributed by atoms with van der Waals surface area (Å²) in [5.41, 5.74) is 1.18. The summed E-state index contributed by atoms with van der Waals surface area (Å²) in [7, 11) is 0. The second-order valence-electron chi connectivity index (χ2n) is 5.37. The molecule has 5 nitrogen and oxygen atoms in total. The van der Waals surface area contributed by atoms with Crippen molar-refractivity contribution in [3.8, 4) is 0 Å². The molecule has 5 heteroatoms. The van der Waals surface area contributed by atoms with Crippen molar-refractivity contribution in [2.45, 2.75) is 39.2 Å². The number of carbonyl (C=O) groups excluding carboxylic acids is 1. The lowest BCUT2D eigenvalue weighted by Crippen LogP contribution is -2.42. The number of urea groups is 1. The maximum Gasteiger partial charge on any atom is 0.315 e. The number of nitrogens with one attached hydrogen (secondary N) is 2. The summed E-state index contributed by atoms with van der Waals surface area (Å²) in [5, 5.41) is 14.4. The summed E-state index contributed by atoms with van der Waals surface area (Å²) >= 11 is 0. The van der Waals surface area contributed by atoms with Gasteiger partial charge < -0.3 is 15.7 Å². The van der Waals surface area contributed by atoms with Gasteiger partial charge in [-0.15, -0.1) is 0 Å². The highest BCUT2D eigenvalue weighted by Gasteiger charge is 2.11. The maximum absolute atomic E-state index is 11.7. The number of benzene rings is 1. The predicted octanol–water partition coefficient (Wildman–Crippen LogP) is 2.42. The van der Waals surface area contributed by atoms with Crippen molar-refractivity contribution in [3.63, 3.8) is 0 Å². The first-order chi connectivity index (χ1) is 9.99. The Hall–Kier alpha value is -2.04. The second kappa shape index (κ2) is 9.00. The minimum Gasteiger partial charge on any atom is -0.481 e. The van der Waals surface area contributed by atoms with Crippen LogP contribution in [0.3, 0.4) is 0 Å². The Morgan fingerprint density at radius 2 is 1.86 bits per heavy atom. The molecule has 0 heterocycles. The zero-order chi connectivity index (χ0) is 15.7. The molecule has 116 valence electrons. The van der Waals surface area contributed by atoms with Crippen molar-refractivity contribution in [1.29, 1.82) is 0 Å². The molecule has 2 atom stereocenters. The van der Waals surface area contributed by atoms with E-state index >= 15 is 0 Å². The molecule has 0 aromatic heterocycles. The van der Waals surface area contributed by atoms with E-state index in [2.05, 4.69) is 10.6 Å². The molecule has 0 aliphatic rings. The van der Waals surface area contributed by atoms with Crippen LogP contribution in [0.5, 0.6) is 0 Å². The van der Waals surface area contributed by atoms with E-state index in [1.807, 2.05) is 37.3 Å². The Bertz CT molecular complexity index is 448. The smallest absolute Gasteiger partial charge is 0.315 e. The van der Waals surface area contributed by atoms with Gasteiger partial charge in [0.15, 0.2) is 0 Å². The maximum atomic E-state index is 11.7. The van der Waals surface area contributed by atoms with Crippen LogP contribution in [0.1, 0.15) is 32.3 Å². The second-order valence-corrected chi connectivity index (χ2v) is 5.37. The van der Waals surface area contributed by atoms with Crippen LogP contribution < -0.4 is 10.6 Å². The van der Waals surface area contributed by atoms with E-state index in [9.17, 15) is 9.59 Å². The zero-order valence-electron chi connectivity index (χ0n) is 12.6. The Balaban J connectivity index is 2.17. The largest absolute Gasteiger partial charge is 0.481 e. The van der Waals surface area contributed by atoms with Gasteiger partial charge >= 0.3 is 12.0 Å². The highest BCUT2D eigenvalue weighted by atomic mass is 16.4. The fourth-order valence-electron chi connectivity index (χ4n) is 2.03. The van der Waals surface area contributed by atoms with E-state index in [0.29, 0.717) is 19.4 Å². The molecule has 1 rings (SSSR count). The Kier molecular flexibility index (Phi) is 7.29. The molecule has 1 aromatic carbocycles. The molecule has 0 fully saturated rings. The van der Waals surface area contributed by atoms with Crippen LogP contribution in [-0.4, -0.2) is 29.7 Å². The Morgan fingerprint density at radius 3 is 2.48 bits per heavy atom. The van der Waals surface area contributed by atoms with Gasteiger partial charge in [0.1, 0.15) is 0 Å². The summed E-state index contributed by atoms with van der Waals surface area (Å²) in [4.78, 5) is 22.3. The first kappa shape index (κ1) is 17.0. The summed E-state index contributed by atoms with van der Waals surface area (Å²) in [6, 6.07) is 9.82. The van der Waals surface area contributed by atoms with Crippen molar-refractivity contribution in [2.75, 3.05) is 6.54 Å². The highest BCUT2D eigenvalue weighted by Crippen LogP contribution is 2.04. The Labute approximate surface area is 125 Å². The van der Waals surface area contributed by atoms with Gasteiger partial charge in [0.25, 0.3) is 0 Å². The van der Waals surface area contributed by atoms with Gasteiger partial charge in [-0.3, -0.25) is 4.79 Å². The van der Waals surface area contributed by atoms with Crippen molar-refractivity contribution >= 4 is 12.0 Å². The van der Waals surface area contributed by atoms with Gasteiger partial charge in [0, 0.05) is 12.6 Å². The van der Waals surface area contributed by atoms with E-state index in [-0.39, 0.29) is 18.0 Å². The van der Waals surface area contributed by atoms with Crippen LogP contribution in [0.2, 0.25) is 0 Å². The van der Waals surface area contributed by atoms with Crippen molar-refractivity contribution < 1.29 is 14.7 Å². The lowest BCUT2D eigenvalue weighted by atomic mass is 10.1. The van der Waals surface area contributed by atoms with Crippen molar-refractivity contribution in [1.82, 2.24) is 10.6 Å². The number of amides is 2. The molecule has 2 amide bonds. The minimum absolute atomic E-state index is 0.0466. The summed E-state index contributed by atoms with van der Waals surface area (Å²) in [6.45, 7) is 4.12. The number of rotatable bonds is 8. The van der Waals surface area contributed by atoms with Crippen LogP contribution >= 0.6 is 0 Å². The van der Waals surface area contributed by atoms with Crippen LogP contribution in [0.4, 0.5) is 4.79 Å². The topological polar surface area (TPSA) is 78.4 Å². The molecule has 21 heavy (non-hydrogen) atoms. The van der Waals surface area contributed by atoms with Gasteiger partial charge in [0.2, 0.25) is 0 Å². The van der Waals surface area contributed by atoms with E-state index in [0.717, 1.165) is 6.42 Å². The third kappa shape index (κ3) is 7.34. The molecule has 0 bridgehead atoms. The van der Waals surface area contributed by atoms with Crippen molar-refractivity contribution in [3.05, 3.63) is 35.9 Å². The Morgan fingerprint density at radius 1 is 1.19 bits per heavy atom.